The van der Waals surface area contributed by atoms with Crippen molar-refractivity contribution in [3.8, 4) is 0 Å². The van der Waals surface area contributed by atoms with E-state index in [1.54, 1.807) is 0 Å². The SMILES string of the molecule is CC(N)C1CN(C2CCC3(CC2)OCCO3)CCO1. The van der Waals surface area contributed by atoms with Crippen LogP contribution >= 0.6 is 0 Å². The fourth-order valence-electron chi connectivity index (χ4n) is 3.54. The van der Waals surface area contributed by atoms with Crippen molar-refractivity contribution in [2.45, 2.75) is 56.6 Å². The van der Waals surface area contributed by atoms with E-state index in [2.05, 4.69) is 4.90 Å². The molecule has 0 aromatic carbocycles. The van der Waals surface area contributed by atoms with Crippen molar-refractivity contribution in [3.05, 3.63) is 0 Å². The summed E-state index contributed by atoms with van der Waals surface area (Å²) < 4.78 is 17.3. The van der Waals surface area contributed by atoms with Gasteiger partial charge < -0.3 is 19.9 Å². The molecule has 3 rings (SSSR count). The Morgan fingerprint density at radius 2 is 1.84 bits per heavy atom. The number of hydrogen-bond acceptors (Lipinski definition) is 5. The fourth-order valence-corrected chi connectivity index (χ4v) is 3.54. The van der Waals surface area contributed by atoms with Crippen molar-refractivity contribution in [2.24, 2.45) is 5.73 Å². The Bertz CT molecular complexity index is 295. The molecule has 110 valence electrons. The summed E-state index contributed by atoms with van der Waals surface area (Å²) in [6.45, 7) is 6.36. The van der Waals surface area contributed by atoms with Crippen molar-refractivity contribution in [1.82, 2.24) is 4.90 Å². The lowest BCUT2D eigenvalue weighted by Gasteiger charge is -2.44. The monoisotopic (exact) mass is 270 g/mol. The number of morpholine rings is 1. The zero-order valence-corrected chi connectivity index (χ0v) is 11.8. The second kappa shape index (κ2) is 5.66. The molecular weight excluding hydrogens is 244 g/mol. The second-order valence-electron chi connectivity index (χ2n) is 6.10. The quantitative estimate of drug-likeness (QED) is 0.801. The van der Waals surface area contributed by atoms with Gasteiger partial charge in [-0.25, -0.2) is 0 Å². The summed E-state index contributed by atoms with van der Waals surface area (Å²) in [5.41, 5.74) is 5.96. The van der Waals surface area contributed by atoms with Crippen LogP contribution in [0.25, 0.3) is 0 Å². The summed E-state index contributed by atoms with van der Waals surface area (Å²) in [7, 11) is 0. The van der Waals surface area contributed by atoms with Gasteiger partial charge in [0.15, 0.2) is 5.79 Å². The first kappa shape index (κ1) is 13.8. The third kappa shape index (κ3) is 2.95. The Morgan fingerprint density at radius 1 is 1.16 bits per heavy atom. The maximum Gasteiger partial charge on any atom is 0.168 e. The zero-order chi connectivity index (χ0) is 13.3. The molecule has 2 aliphatic heterocycles. The van der Waals surface area contributed by atoms with Crippen LogP contribution in [-0.4, -0.2) is 61.8 Å². The molecule has 2 unspecified atom stereocenters. The molecule has 0 amide bonds. The van der Waals surface area contributed by atoms with Gasteiger partial charge in [-0.2, -0.15) is 0 Å². The van der Waals surface area contributed by atoms with E-state index < -0.39 is 0 Å². The highest BCUT2D eigenvalue weighted by molar-refractivity contribution is 4.89. The van der Waals surface area contributed by atoms with E-state index in [1.165, 1.54) is 0 Å². The summed E-state index contributed by atoms with van der Waals surface area (Å²) in [6.07, 6.45) is 4.55. The smallest absolute Gasteiger partial charge is 0.168 e. The first-order valence-corrected chi connectivity index (χ1v) is 7.58. The molecule has 0 aromatic rings. The molecule has 1 aliphatic carbocycles. The van der Waals surface area contributed by atoms with Gasteiger partial charge in [0.2, 0.25) is 0 Å². The molecule has 0 bridgehead atoms. The first-order valence-electron chi connectivity index (χ1n) is 7.58. The summed E-state index contributed by atoms with van der Waals surface area (Å²) in [5, 5.41) is 0. The van der Waals surface area contributed by atoms with Crippen LogP contribution in [0.1, 0.15) is 32.6 Å². The van der Waals surface area contributed by atoms with E-state index in [9.17, 15) is 0 Å². The highest BCUT2D eigenvalue weighted by Crippen LogP contribution is 2.37. The molecule has 1 spiro atoms. The van der Waals surface area contributed by atoms with Gasteiger partial charge in [-0.3, -0.25) is 4.90 Å². The molecule has 2 N–H and O–H groups in total. The summed E-state index contributed by atoms with van der Waals surface area (Å²) in [6, 6.07) is 0.753. The highest BCUT2D eigenvalue weighted by atomic mass is 16.7. The van der Waals surface area contributed by atoms with E-state index >= 15 is 0 Å². The molecule has 0 radical (unpaired) electrons. The van der Waals surface area contributed by atoms with Crippen LogP contribution in [0.15, 0.2) is 0 Å². The van der Waals surface area contributed by atoms with Crippen molar-refractivity contribution >= 4 is 0 Å². The van der Waals surface area contributed by atoms with Crippen LogP contribution in [0.4, 0.5) is 0 Å². The molecule has 0 aromatic heterocycles. The topological polar surface area (TPSA) is 57.0 Å². The molecule has 2 atom stereocenters. The van der Waals surface area contributed by atoms with Crippen LogP contribution in [-0.2, 0) is 14.2 Å². The van der Waals surface area contributed by atoms with Gasteiger partial charge in [0.05, 0.1) is 25.9 Å². The maximum absolute atomic E-state index is 5.96. The standard InChI is InChI=1S/C14H26N2O3/c1-11(15)13-10-16(6-7-17-13)12-2-4-14(5-3-12)18-8-9-19-14/h11-13H,2-10,15H2,1H3. The number of nitrogens with zero attached hydrogens (tertiary/aromatic N) is 1. The normalized spacial score (nSPS) is 34.7. The van der Waals surface area contributed by atoms with Crippen molar-refractivity contribution < 1.29 is 14.2 Å². The molecular formula is C14H26N2O3. The summed E-state index contributed by atoms with van der Waals surface area (Å²) in [5.74, 6) is -0.247. The maximum atomic E-state index is 5.96. The van der Waals surface area contributed by atoms with Crippen LogP contribution in [0.5, 0.6) is 0 Å². The Balaban J connectivity index is 1.53. The molecule has 5 heteroatoms. The van der Waals surface area contributed by atoms with Crippen LogP contribution in [0, 0.1) is 0 Å². The molecule has 3 fully saturated rings. The van der Waals surface area contributed by atoms with E-state index in [0.29, 0.717) is 6.04 Å². The summed E-state index contributed by atoms with van der Waals surface area (Å²) in [4.78, 5) is 2.55. The minimum atomic E-state index is -0.247. The number of rotatable bonds is 2. The van der Waals surface area contributed by atoms with Gasteiger partial charge in [0.25, 0.3) is 0 Å². The van der Waals surface area contributed by atoms with Crippen molar-refractivity contribution in [2.75, 3.05) is 32.9 Å². The molecule has 2 heterocycles. The van der Waals surface area contributed by atoms with Crippen LogP contribution in [0.2, 0.25) is 0 Å². The van der Waals surface area contributed by atoms with Gasteiger partial charge in [0.1, 0.15) is 0 Å². The Kier molecular flexibility index (Phi) is 4.10. The van der Waals surface area contributed by atoms with Crippen molar-refractivity contribution in [3.63, 3.8) is 0 Å². The minimum absolute atomic E-state index is 0.110. The molecule has 1 saturated carbocycles. The number of hydrogen-bond donors (Lipinski definition) is 1. The largest absolute Gasteiger partial charge is 0.374 e. The predicted octanol–water partition coefficient (Wildman–Crippen LogP) is 0.720. The van der Waals surface area contributed by atoms with Crippen LogP contribution in [0.3, 0.4) is 0 Å². The van der Waals surface area contributed by atoms with E-state index in [-0.39, 0.29) is 17.9 Å². The first-order chi connectivity index (χ1) is 9.19. The molecule has 3 aliphatic rings. The average molecular weight is 270 g/mol. The lowest BCUT2D eigenvalue weighted by atomic mass is 9.88. The summed E-state index contributed by atoms with van der Waals surface area (Å²) >= 11 is 0. The molecule has 5 nitrogen and oxygen atoms in total. The average Bonchev–Trinajstić information content (AvgIpc) is 2.88. The minimum Gasteiger partial charge on any atom is -0.374 e. The Labute approximate surface area is 115 Å². The lowest BCUT2D eigenvalue weighted by Crippen LogP contribution is -2.54. The van der Waals surface area contributed by atoms with E-state index in [0.717, 1.165) is 58.6 Å². The lowest BCUT2D eigenvalue weighted by molar-refractivity contribution is -0.186. The van der Waals surface area contributed by atoms with Gasteiger partial charge in [-0.05, 0) is 19.8 Å². The predicted molar refractivity (Wildman–Crippen MR) is 71.9 cm³/mol. The van der Waals surface area contributed by atoms with Crippen LogP contribution < -0.4 is 5.73 Å². The van der Waals surface area contributed by atoms with E-state index in [1.807, 2.05) is 6.92 Å². The van der Waals surface area contributed by atoms with Gasteiger partial charge in [-0.15, -0.1) is 0 Å². The highest BCUT2D eigenvalue weighted by Gasteiger charge is 2.42. The second-order valence-corrected chi connectivity index (χ2v) is 6.10. The number of ether oxygens (including phenoxy) is 3. The van der Waals surface area contributed by atoms with Gasteiger partial charge in [-0.1, -0.05) is 0 Å². The van der Waals surface area contributed by atoms with Crippen molar-refractivity contribution in [1.29, 1.82) is 0 Å². The number of nitrogens with two attached hydrogens (primary N) is 1. The Hall–Kier alpha value is -0.200. The zero-order valence-electron chi connectivity index (χ0n) is 11.8. The van der Waals surface area contributed by atoms with Gasteiger partial charge >= 0.3 is 0 Å². The Morgan fingerprint density at radius 3 is 2.47 bits per heavy atom. The molecule has 19 heavy (non-hydrogen) atoms. The van der Waals surface area contributed by atoms with E-state index in [4.69, 9.17) is 19.9 Å². The third-order valence-electron chi connectivity index (χ3n) is 4.76. The van der Waals surface area contributed by atoms with Gasteiger partial charge in [0, 0.05) is 38.0 Å². The third-order valence-corrected chi connectivity index (χ3v) is 4.76. The fraction of sp³-hybridized carbons (Fsp3) is 1.00. The molecule has 2 saturated heterocycles.